The van der Waals surface area contributed by atoms with Gasteiger partial charge in [-0.15, -0.1) is 12.4 Å². The largest absolute Gasteiger partial charge is 0.394 e. The molecule has 9 nitrogen and oxygen atoms in total. The summed E-state index contributed by atoms with van der Waals surface area (Å²) in [5.41, 5.74) is 2.74. The van der Waals surface area contributed by atoms with Crippen molar-refractivity contribution in [2.24, 2.45) is 0 Å². The third kappa shape index (κ3) is 4.00. The van der Waals surface area contributed by atoms with Gasteiger partial charge in [0.25, 0.3) is 0 Å². The molecule has 0 aromatic carbocycles. The number of hydrogen-bond acceptors (Lipinski definition) is 8. The smallest absolute Gasteiger partial charge is 0.226 e. The van der Waals surface area contributed by atoms with E-state index < -0.39 is 9.84 Å². The average Bonchev–Trinajstić information content (AvgIpc) is 3.23. The fourth-order valence-corrected chi connectivity index (χ4v) is 4.66. The summed E-state index contributed by atoms with van der Waals surface area (Å²) in [7, 11) is -3.39. The third-order valence-electron chi connectivity index (χ3n) is 5.18. The number of anilines is 1. The lowest BCUT2D eigenvalue weighted by Gasteiger charge is -2.25. The summed E-state index contributed by atoms with van der Waals surface area (Å²) in [4.78, 5) is 11.3. The highest BCUT2D eigenvalue weighted by molar-refractivity contribution is 7.90. The Morgan fingerprint density at radius 2 is 2.14 bits per heavy atom. The van der Waals surface area contributed by atoms with Crippen LogP contribution in [0.2, 0.25) is 0 Å². The number of rotatable bonds is 5. The van der Waals surface area contributed by atoms with Crippen LogP contribution in [0.1, 0.15) is 35.7 Å². The fourth-order valence-electron chi connectivity index (χ4n) is 3.83. The quantitative estimate of drug-likeness (QED) is 0.706. The Hall–Kier alpha value is -1.75. The van der Waals surface area contributed by atoms with Gasteiger partial charge in [0.05, 0.1) is 43.5 Å². The van der Waals surface area contributed by atoms with Crippen molar-refractivity contribution in [2.45, 2.75) is 43.3 Å². The molecule has 28 heavy (non-hydrogen) atoms. The SMILES string of the molecule is CS(=O)(=O)c1cnc(N2Cc3cnn(CCO)c3C2)nc1C1CCCNC1.Cl. The van der Waals surface area contributed by atoms with Gasteiger partial charge in [0.2, 0.25) is 5.95 Å². The topological polar surface area (TPSA) is 113 Å². The molecule has 0 aliphatic carbocycles. The molecule has 11 heteroatoms. The number of nitrogens with one attached hydrogen (secondary N) is 1. The van der Waals surface area contributed by atoms with E-state index in [0.29, 0.717) is 31.3 Å². The van der Waals surface area contributed by atoms with Gasteiger partial charge >= 0.3 is 0 Å². The normalized spacial score (nSPS) is 19.4. The van der Waals surface area contributed by atoms with Crippen molar-refractivity contribution in [1.82, 2.24) is 25.1 Å². The Morgan fingerprint density at radius 3 is 2.82 bits per heavy atom. The van der Waals surface area contributed by atoms with Gasteiger partial charge in [0, 0.05) is 30.8 Å². The highest BCUT2D eigenvalue weighted by atomic mass is 35.5. The number of aliphatic hydroxyl groups excluding tert-OH is 1. The van der Waals surface area contributed by atoms with E-state index >= 15 is 0 Å². The molecule has 0 saturated carbocycles. The van der Waals surface area contributed by atoms with Crippen molar-refractivity contribution in [2.75, 3.05) is 30.9 Å². The molecule has 0 radical (unpaired) electrons. The van der Waals surface area contributed by atoms with Crippen molar-refractivity contribution in [1.29, 1.82) is 0 Å². The van der Waals surface area contributed by atoms with Crippen molar-refractivity contribution in [3.05, 3.63) is 29.3 Å². The van der Waals surface area contributed by atoms with Gasteiger partial charge in [0.15, 0.2) is 9.84 Å². The molecule has 2 aliphatic heterocycles. The molecular weight excluding hydrogens is 404 g/mol. The molecule has 2 aromatic rings. The van der Waals surface area contributed by atoms with Gasteiger partial charge in [-0.3, -0.25) is 4.68 Å². The second-order valence-electron chi connectivity index (χ2n) is 7.15. The maximum atomic E-state index is 12.2. The first-order chi connectivity index (χ1) is 13.0. The minimum absolute atomic E-state index is 0. The predicted molar refractivity (Wildman–Crippen MR) is 106 cm³/mol. The van der Waals surface area contributed by atoms with Gasteiger partial charge in [-0.25, -0.2) is 18.4 Å². The lowest BCUT2D eigenvalue weighted by Crippen LogP contribution is -2.30. The van der Waals surface area contributed by atoms with Crippen molar-refractivity contribution in [3.8, 4) is 0 Å². The van der Waals surface area contributed by atoms with Gasteiger partial charge < -0.3 is 15.3 Å². The first-order valence-electron chi connectivity index (χ1n) is 9.14. The summed E-state index contributed by atoms with van der Waals surface area (Å²) in [6.45, 7) is 3.38. The summed E-state index contributed by atoms with van der Waals surface area (Å²) >= 11 is 0. The highest BCUT2D eigenvalue weighted by Gasteiger charge is 2.29. The molecule has 4 rings (SSSR count). The second kappa shape index (κ2) is 8.32. The van der Waals surface area contributed by atoms with Crippen LogP contribution in [0.15, 0.2) is 17.3 Å². The van der Waals surface area contributed by atoms with Gasteiger partial charge in [-0.2, -0.15) is 5.10 Å². The molecule has 0 spiro atoms. The first-order valence-corrected chi connectivity index (χ1v) is 11.0. The maximum Gasteiger partial charge on any atom is 0.226 e. The summed E-state index contributed by atoms with van der Waals surface area (Å²) in [5.74, 6) is 0.606. The number of piperidine rings is 1. The molecule has 2 aromatic heterocycles. The Bertz CT molecular complexity index is 942. The molecule has 1 atom stereocenters. The first kappa shape index (κ1) is 21.0. The minimum Gasteiger partial charge on any atom is -0.394 e. The Labute approximate surface area is 170 Å². The summed E-state index contributed by atoms with van der Waals surface area (Å²) in [5, 5.41) is 16.8. The molecule has 1 saturated heterocycles. The number of fused-ring (bicyclic) bond motifs is 1. The number of aromatic nitrogens is 4. The Balaban J connectivity index is 0.00000225. The third-order valence-corrected chi connectivity index (χ3v) is 6.30. The molecule has 0 bridgehead atoms. The number of hydrogen-bond donors (Lipinski definition) is 2. The highest BCUT2D eigenvalue weighted by Crippen LogP contribution is 2.31. The lowest BCUT2D eigenvalue weighted by atomic mass is 9.96. The lowest BCUT2D eigenvalue weighted by molar-refractivity contribution is 0.267. The monoisotopic (exact) mass is 428 g/mol. The maximum absolute atomic E-state index is 12.2. The van der Waals surface area contributed by atoms with Crippen molar-refractivity contribution in [3.63, 3.8) is 0 Å². The van der Waals surface area contributed by atoms with Gasteiger partial charge in [-0.05, 0) is 19.4 Å². The van der Waals surface area contributed by atoms with Crippen LogP contribution in [-0.4, -0.2) is 59.2 Å². The Morgan fingerprint density at radius 1 is 1.32 bits per heavy atom. The summed E-state index contributed by atoms with van der Waals surface area (Å²) in [6.07, 6.45) is 6.38. The molecule has 2 N–H and O–H groups in total. The molecule has 154 valence electrons. The van der Waals surface area contributed by atoms with E-state index in [1.165, 1.54) is 12.5 Å². The zero-order valence-electron chi connectivity index (χ0n) is 15.7. The predicted octanol–water partition coefficient (Wildman–Crippen LogP) is 0.478. The standard InChI is InChI=1S/C17H24N6O3S.ClH/c1-27(25,26)15-9-19-17(21-16(15)12-3-2-4-18-7-12)22-10-13-8-20-23(5-6-24)14(13)11-22;/h8-9,12,18,24H,2-7,10-11H2,1H3;1H. The van der Waals surface area contributed by atoms with Crippen LogP contribution in [0.3, 0.4) is 0 Å². The molecule has 2 aliphatic rings. The molecule has 0 amide bonds. The van der Waals surface area contributed by atoms with Crippen LogP contribution < -0.4 is 10.2 Å². The number of sulfone groups is 1. The van der Waals surface area contributed by atoms with Crippen LogP contribution in [-0.2, 0) is 29.5 Å². The van der Waals surface area contributed by atoms with E-state index in [1.807, 2.05) is 11.1 Å². The van der Waals surface area contributed by atoms with Crippen LogP contribution >= 0.6 is 12.4 Å². The molecule has 1 fully saturated rings. The van der Waals surface area contributed by atoms with E-state index in [1.54, 1.807) is 4.68 Å². The molecular formula is C17H25ClN6O3S. The number of aliphatic hydroxyl groups is 1. The number of halogens is 1. The average molecular weight is 429 g/mol. The minimum atomic E-state index is -3.39. The van der Waals surface area contributed by atoms with E-state index in [-0.39, 0.29) is 29.8 Å². The van der Waals surface area contributed by atoms with E-state index in [2.05, 4.69) is 15.4 Å². The van der Waals surface area contributed by atoms with Crippen molar-refractivity contribution < 1.29 is 13.5 Å². The van der Waals surface area contributed by atoms with Gasteiger partial charge in [0.1, 0.15) is 4.90 Å². The fraction of sp³-hybridized carbons (Fsp3) is 0.588. The molecule has 1 unspecified atom stereocenters. The van der Waals surface area contributed by atoms with Gasteiger partial charge in [-0.1, -0.05) is 0 Å². The van der Waals surface area contributed by atoms with E-state index in [4.69, 9.17) is 4.98 Å². The van der Waals surface area contributed by atoms with Crippen LogP contribution in [0.4, 0.5) is 5.95 Å². The van der Waals surface area contributed by atoms with E-state index in [0.717, 1.165) is 37.2 Å². The summed E-state index contributed by atoms with van der Waals surface area (Å²) in [6, 6.07) is 0. The number of nitrogens with zero attached hydrogens (tertiary/aromatic N) is 5. The summed E-state index contributed by atoms with van der Waals surface area (Å²) < 4.78 is 26.3. The van der Waals surface area contributed by atoms with Crippen LogP contribution in [0.25, 0.3) is 0 Å². The van der Waals surface area contributed by atoms with Crippen LogP contribution in [0, 0.1) is 0 Å². The van der Waals surface area contributed by atoms with Crippen molar-refractivity contribution >= 4 is 28.2 Å². The Kier molecular flexibility index (Phi) is 6.23. The zero-order chi connectivity index (χ0) is 19.0. The second-order valence-corrected chi connectivity index (χ2v) is 9.14. The zero-order valence-corrected chi connectivity index (χ0v) is 17.3. The molecule has 4 heterocycles. The van der Waals surface area contributed by atoms with E-state index in [9.17, 15) is 13.5 Å². The van der Waals surface area contributed by atoms with Crippen LogP contribution in [0.5, 0.6) is 0 Å².